The van der Waals surface area contributed by atoms with Crippen LogP contribution in [0.25, 0.3) is 0 Å². The molecule has 100 valence electrons. The molecule has 1 heterocycles. The Balaban J connectivity index is 2.54. The van der Waals surface area contributed by atoms with E-state index in [2.05, 4.69) is 17.1 Å². The molecular weight excluding hydrogens is 216 g/mol. The summed E-state index contributed by atoms with van der Waals surface area (Å²) in [5, 5.41) is 12.4. The van der Waals surface area contributed by atoms with Gasteiger partial charge in [0.15, 0.2) is 0 Å². The number of carboxylic acids is 1. The SMILES string of the molecule is CCC1CCCCN1CC(NC(C)C)C(=O)O. The van der Waals surface area contributed by atoms with Gasteiger partial charge in [-0.25, -0.2) is 0 Å². The molecule has 1 aliphatic heterocycles. The third-order valence-corrected chi connectivity index (χ3v) is 3.47. The Hall–Kier alpha value is -0.610. The van der Waals surface area contributed by atoms with Crippen molar-refractivity contribution in [2.45, 2.75) is 64.6 Å². The summed E-state index contributed by atoms with van der Waals surface area (Å²) in [6.07, 6.45) is 4.81. The van der Waals surface area contributed by atoms with Gasteiger partial charge in [0.05, 0.1) is 0 Å². The van der Waals surface area contributed by atoms with Crippen molar-refractivity contribution in [2.75, 3.05) is 13.1 Å². The van der Waals surface area contributed by atoms with E-state index in [-0.39, 0.29) is 6.04 Å². The second kappa shape index (κ2) is 6.97. The monoisotopic (exact) mass is 242 g/mol. The van der Waals surface area contributed by atoms with Gasteiger partial charge in [0.1, 0.15) is 6.04 Å². The van der Waals surface area contributed by atoms with E-state index in [1.807, 2.05) is 13.8 Å². The van der Waals surface area contributed by atoms with Crippen molar-refractivity contribution in [3.63, 3.8) is 0 Å². The van der Waals surface area contributed by atoms with Gasteiger partial charge in [-0.1, -0.05) is 27.2 Å². The van der Waals surface area contributed by atoms with Crippen LogP contribution in [0.3, 0.4) is 0 Å². The fourth-order valence-electron chi connectivity index (χ4n) is 2.60. The predicted molar refractivity (Wildman–Crippen MR) is 69.2 cm³/mol. The number of aliphatic carboxylic acids is 1. The van der Waals surface area contributed by atoms with Gasteiger partial charge in [0.25, 0.3) is 0 Å². The lowest BCUT2D eigenvalue weighted by atomic mass is 9.99. The van der Waals surface area contributed by atoms with Gasteiger partial charge in [-0.3, -0.25) is 9.69 Å². The molecular formula is C13H26N2O2. The van der Waals surface area contributed by atoms with Crippen molar-refractivity contribution in [1.29, 1.82) is 0 Å². The van der Waals surface area contributed by atoms with Gasteiger partial charge >= 0.3 is 5.97 Å². The van der Waals surface area contributed by atoms with Crippen LogP contribution in [0.1, 0.15) is 46.5 Å². The summed E-state index contributed by atoms with van der Waals surface area (Å²) in [5.41, 5.74) is 0. The lowest BCUT2D eigenvalue weighted by molar-refractivity contribution is -0.140. The summed E-state index contributed by atoms with van der Waals surface area (Å²) in [7, 11) is 0. The molecule has 0 aromatic carbocycles. The summed E-state index contributed by atoms with van der Waals surface area (Å²) in [4.78, 5) is 13.6. The molecule has 0 saturated carbocycles. The summed E-state index contributed by atoms with van der Waals surface area (Å²) in [6.45, 7) is 7.84. The lowest BCUT2D eigenvalue weighted by Crippen LogP contribution is -2.52. The normalized spacial score (nSPS) is 23.9. The van der Waals surface area contributed by atoms with Gasteiger partial charge < -0.3 is 10.4 Å². The first-order valence-electron chi connectivity index (χ1n) is 6.77. The lowest BCUT2D eigenvalue weighted by Gasteiger charge is -2.37. The Morgan fingerprint density at radius 1 is 1.47 bits per heavy atom. The molecule has 0 amide bonds. The van der Waals surface area contributed by atoms with Crippen LogP contribution < -0.4 is 5.32 Å². The Kier molecular flexibility index (Phi) is 5.92. The van der Waals surface area contributed by atoms with Crippen LogP contribution in [0.15, 0.2) is 0 Å². The quantitative estimate of drug-likeness (QED) is 0.744. The second-order valence-corrected chi connectivity index (χ2v) is 5.26. The Bertz CT molecular complexity index is 244. The third-order valence-electron chi connectivity index (χ3n) is 3.47. The van der Waals surface area contributed by atoms with Gasteiger partial charge in [-0.15, -0.1) is 0 Å². The molecule has 1 fully saturated rings. The molecule has 1 saturated heterocycles. The summed E-state index contributed by atoms with van der Waals surface area (Å²) < 4.78 is 0. The highest BCUT2D eigenvalue weighted by molar-refractivity contribution is 5.73. The zero-order valence-electron chi connectivity index (χ0n) is 11.3. The fourth-order valence-corrected chi connectivity index (χ4v) is 2.60. The number of nitrogens with zero attached hydrogens (tertiary/aromatic N) is 1. The van der Waals surface area contributed by atoms with Crippen molar-refractivity contribution >= 4 is 5.97 Å². The molecule has 17 heavy (non-hydrogen) atoms. The molecule has 2 atom stereocenters. The maximum absolute atomic E-state index is 11.2. The van der Waals surface area contributed by atoms with E-state index >= 15 is 0 Å². The first kappa shape index (κ1) is 14.5. The zero-order chi connectivity index (χ0) is 12.8. The third kappa shape index (κ3) is 4.64. The Labute approximate surface area is 104 Å². The molecule has 0 spiro atoms. The number of hydrogen-bond acceptors (Lipinski definition) is 3. The van der Waals surface area contributed by atoms with Gasteiger partial charge in [0, 0.05) is 18.6 Å². The van der Waals surface area contributed by atoms with E-state index in [4.69, 9.17) is 0 Å². The van der Waals surface area contributed by atoms with Gasteiger partial charge in [-0.2, -0.15) is 0 Å². The minimum Gasteiger partial charge on any atom is -0.480 e. The number of piperidine rings is 1. The molecule has 1 rings (SSSR count). The van der Waals surface area contributed by atoms with E-state index in [1.165, 1.54) is 19.3 Å². The predicted octanol–water partition coefficient (Wildman–Crippen LogP) is 1.70. The van der Waals surface area contributed by atoms with Crippen LogP contribution in [0.2, 0.25) is 0 Å². The fraction of sp³-hybridized carbons (Fsp3) is 0.923. The molecule has 2 unspecified atom stereocenters. The second-order valence-electron chi connectivity index (χ2n) is 5.26. The van der Waals surface area contributed by atoms with Crippen LogP contribution in [0.4, 0.5) is 0 Å². The van der Waals surface area contributed by atoms with Crippen LogP contribution >= 0.6 is 0 Å². The van der Waals surface area contributed by atoms with Crippen molar-refractivity contribution in [3.8, 4) is 0 Å². The van der Waals surface area contributed by atoms with Gasteiger partial charge in [0.2, 0.25) is 0 Å². The van der Waals surface area contributed by atoms with Crippen molar-refractivity contribution < 1.29 is 9.90 Å². The average molecular weight is 242 g/mol. The highest BCUT2D eigenvalue weighted by atomic mass is 16.4. The van der Waals surface area contributed by atoms with Crippen LogP contribution in [0, 0.1) is 0 Å². The van der Waals surface area contributed by atoms with Crippen molar-refractivity contribution in [3.05, 3.63) is 0 Å². The van der Waals surface area contributed by atoms with Crippen LogP contribution in [-0.2, 0) is 4.79 Å². The topological polar surface area (TPSA) is 52.6 Å². The molecule has 0 radical (unpaired) electrons. The van der Waals surface area contributed by atoms with Gasteiger partial charge in [-0.05, 0) is 25.8 Å². The first-order valence-corrected chi connectivity index (χ1v) is 6.77. The molecule has 0 aliphatic carbocycles. The Morgan fingerprint density at radius 3 is 2.71 bits per heavy atom. The number of nitrogens with one attached hydrogen (secondary N) is 1. The Morgan fingerprint density at radius 2 is 2.18 bits per heavy atom. The molecule has 0 aromatic rings. The van der Waals surface area contributed by atoms with Crippen molar-refractivity contribution in [2.24, 2.45) is 0 Å². The molecule has 2 N–H and O–H groups in total. The first-order chi connectivity index (χ1) is 8.04. The summed E-state index contributed by atoms with van der Waals surface area (Å²) in [5.74, 6) is -0.737. The number of carbonyl (C=O) groups is 1. The number of likely N-dealkylation sites (tertiary alicyclic amines) is 1. The van der Waals surface area contributed by atoms with E-state index < -0.39 is 12.0 Å². The number of rotatable bonds is 6. The molecule has 0 aromatic heterocycles. The molecule has 4 nitrogen and oxygen atoms in total. The summed E-state index contributed by atoms with van der Waals surface area (Å²) in [6, 6.07) is 0.336. The largest absolute Gasteiger partial charge is 0.480 e. The van der Waals surface area contributed by atoms with E-state index in [9.17, 15) is 9.90 Å². The molecule has 1 aliphatic rings. The maximum atomic E-state index is 11.2. The number of carboxylic acid groups (broad SMARTS) is 1. The standard InChI is InChI=1S/C13H26N2O2/c1-4-11-7-5-6-8-15(11)9-12(13(16)17)14-10(2)3/h10-12,14H,4-9H2,1-3H3,(H,16,17). The van der Waals surface area contributed by atoms with Crippen molar-refractivity contribution in [1.82, 2.24) is 10.2 Å². The van der Waals surface area contributed by atoms with Crippen LogP contribution in [0.5, 0.6) is 0 Å². The smallest absolute Gasteiger partial charge is 0.322 e. The zero-order valence-corrected chi connectivity index (χ0v) is 11.3. The average Bonchev–Trinajstić information content (AvgIpc) is 2.28. The minimum atomic E-state index is -0.737. The summed E-state index contributed by atoms with van der Waals surface area (Å²) >= 11 is 0. The minimum absolute atomic E-state index is 0.209. The van der Waals surface area contributed by atoms with E-state index in [0.717, 1.165) is 13.0 Å². The van der Waals surface area contributed by atoms with E-state index in [0.29, 0.717) is 12.6 Å². The maximum Gasteiger partial charge on any atom is 0.322 e. The highest BCUT2D eigenvalue weighted by Gasteiger charge is 2.27. The molecule has 4 heteroatoms. The highest BCUT2D eigenvalue weighted by Crippen LogP contribution is 2.19. The number of hydrogen-bond donors (Lipinski definition) is 2. The molecule has 0 bridgehead atoms. The van der Waals surface area contributed by atoms with E-state index in [1.54, 1.807) is 0 Å². The van der Waals surface area contributed by atoms with Crippen LogP contribution in [-0.4, -0.2) is 47.2 Å².